The molecule has 0 amide bonds. The van der Waals surface area contributed by atoms with Gasteiger partial charge in [0.15, 0.2) is 0 Å². The molecule has 0 aliphatic carbocycles. The molecule has 0 saturated heterocycles. The molecule has 3 heteroatoms. The Labute approximate surface area is 82.9 Å². The number of alkyl halides is 1. The fourth-order valence-electron chi connectivity index (χ4n) is 1.12. The Morgan fingerprint density at radius 3 is 2.69 bits per heavy atom. The summed E-state index contributed by atoms with van der Waals surface area (Å²) in [6.07, 6.45) is 2.38. The number of halogens is 2. The molecule has 72 valence electrons. The summed E-state index contributed by atoms with van der Waals surface area (Å²) in [6.45, 7) is 3.69. The maximum absolute atomic E-state index is 12.2. The van der Waals surface area contributed by atoms with E-state index in [0.29, 0.717) is 16.5 Å². The Morgan fingerprint density at radius 1 is 1.54 bits per heavy atom. The minimum absolute atomic E-state index is 0.505. The van der Waals surface area contributed by atoms with Crippen molar-refractivity contribution in [3.05, 3.63) is 28.5 Å². The molecule has 0 aliphatic heterocycles. The number of rotatable bonds is 3. The standard InChI is InChI=1S/C10H13ClFN/c1-7(2)3-10-9(11)4-8(5-12)6-13-10/h4,6-7H,3,5H2,1-2H3. The van der Waals surface area contributed by atoms with Crippen molar-refractivity contribution in [1.82, 2.24) is 4.98 Å². The summed E-state index contributed by atoms with van der Waals surface area (Å²) in [5.74, 6) is 0.515. The summed E-state index contributed by atoms with van der Waals surface area (Å²) in [6, 6.07) is 1.65. The van der Waals surface area contributed by atoms with Crippen LogP contribution in [0, 0.1) is 5.92 Å². The van der Waals surface area contributed by atoms with Crippen LogP contribution < -0.4 is 0 Å². The van der Waals surface area contributed by atoms with Crippen LogP contribution in [0.3, 0.4) is 0 Å². The molecule has 0 radical (unpaired) electrons. The van der Waals surface area contributed by atoms with Crippen LogP contribution in [-0.2, 0) is 13.1 Å². The molecule has 1 aromatic heterocycles. The summed E-state index contributed by atoms with van der Waals surface area (Å²) in [5, 5.41) is 0.573. The van der Waals surface area contributed by atoms with Gasteiger partial charge in [0.05, 0.1) is 10.7 Å². The summed E-state index contributed by atoms with van der Waals surface area (Å²) < 4.78 is 12.2. The molecule has 0 aromatic carbocycles. The first-order valence-electron chi connectivity index (χ1n) is 4.32. The van der Waals surface area contributed by atoms with Crippen molar-refractivity contribution >= 4 is 11.6 Å². The van der Waals surface area contributed by atoms with Crippen LogP contribution in [-0.4, -0.2) is 4.98 Å². The van der Waals surface area contributed by atoms with Gasteiger partial charge >= 0.3 is 0 Å². The monoisotopic (exact) mass is 201 g/mol. The van der Waals surface area contributed by atoms with Gasteiger partial charge in [-0.1, -0.05) is 25.4 Å². The lowest BCUT2D eigenvalue weighted by Crippen LogP contribution is -1.98. The van der Waals surface area contributed by atoms with E-state index in [2.05, 4.69) is 18.8 Å². The molecule has 13 heavy (non-hydrogen) atoms. The zero-order valence-corrected chi connectivity index (χ0v) is 8.61. The van der Waals surface area contributed by atoms with E-state index in [1.54, 1.807) is 12.3 Å². The molecule has 0 spiro atoms. The van der Waals surface area contributed by atoms with Crippen molar-refractivity contribution in [2.24, 2.45) is 5.92 Å². The number of aromatic nitrogens is 1. The van der Waals surface area contributed by atoms with Crippen LogP contribution in [0.1, 0.15) is 25.1 Å². The minimum Gasteiger partial charge on any atom is -0.259 e. The predicted molar refractivity (Wildman–Crippen MR) is 52.6 cm³/mol. The highest BCUT2D eigenvalue weighted by Crippen LogP contribution is 2.18. The molecule has 1 rings (SSSR count). The van der Waals surface area contributed by atoms with Crippen LogP contribution in [0.2, 0.25) is 5.02 Å². The topological polar surface area (TPSA) is 12.9 Å². The smallest absolute Gasteiger partial charge is 0.116 e. The molecule has 0 bridgehead atoms. The van der Waals surface area contributed by atoms with Crippen molar-refractivity contribution in [2.75, 3.05) is 0 Å². The van der Waals surface area contributed by atoms with E-state index >= 15 is 0 Å². The summed E-state index contributed by atoms with van der Waals surface area (Å²) in [7, 11) is 0. The number of pyridine rings is 1. The van der Waals surface area contributed by atoms with Gasteiger partial charge in [0, 0.05) is 11.8 Å². The van der Waals surface area contributed by atoms with E-state index in [0.717, 1.165) is 12.1 Å². The van der Waals surface area contributed by atoms with Crippen LogP contribution in [0.25, 0.3) is 0 Å². The van der Waals surface area contributed by atoms with Crippen molar-refractivity contribution in [3.63, 3.8) is 0 Å². The maximum atomic E-state index is 12.2. The van der Waals surface area contributed by atoms with Gasteiger partial charge in [-0.3, -0.25) is 4.98 Å². The largest absolute Gasteiger partial charge is 0.259 e. The number of hydrogen-bond acceptors (Lipinski definition) is 1. The van der Waals surface area contributed by atoms with Crippen LogP contribution in [0.15, 0.2) is 12.3 Å². The van der Waals surface area contributed by atoms with E-state index in [-0.39, 0.29) is 0 Å². The Balaban J connectivity index is 2.85. The van der Waals surface area contributed by atoms with Gasteiger partial charge < -0.3 is 0 Å². The van der Waals surface area contributed by atoms with Crippen LogP contribution in [0.5, 0.6) is 0 Å². The fourth-order valence-corrected chi connectivity index (χ4v) is 1.38. The first kappa shape index (κ1) is 10.5. The van der Waals surface area contributed by atoms with Crippen molar-refractivity contribution in [3.8, 4) is 0 Å². The lowest BCUT2D eigenvalue weighted by molar-refractivity contribution is 0.484. The predicted octanol–water partition coefficient (Wildman–Crippen LogP) is 3.40. The van der Waals surface area contributed by atoms with Gasteiger partial charge in [-0.25, -0.2) is 4.39 Å². The zero-order valence-electron chi connectivity index (χ0n) is 7.85. The molecular weight excluding hydrogens is 189 g/mol. The number of hydrogen-bond donors (Lipinski definition) is 0. The van der Waals surface area contributed by atoms with Crippen molar-refractivity contribution in [1.29, 1.82) is 0 Å². The average Bonchev–Trinajstić information content (AvgIpc) is 2.08. The van der Waals surface area contributed by atoms with E-state index < -0.39 is 6.67 Å². The normalized spacial score (nSPS) is 10.8. The maximum Gasteiger partial charge on any atom is 0.116 e. The molecule has 0 saturated carbocycles. The van der Waals surface area contributed by atoms with E-state index in [1.807, 2.05) is 0 Å². The third-order valence-electron chi connectivity index (χ3n) is 1.73. The van der Waals surface area contributed by atoms with Crippen molar-refractivity contribution < 1.29 is 4.39 Å². The molecule has 1 heterocycles. The first-order valence-corrected chi connectivity index (χ1v) is 4.70. The summed E-state index contributed by atoms with van der Waals surface area (Å²) >= 11 is 5.92. The molecular formula is C10H13ClFN. The van der Waals surface area contributed by atoms with Crippen LogP contribution in [0.4, 0.5) is 4.39 Å². The van der Waals surface area contributed by atoms with Crippen molar-refractivity contribution in [2.45, 2.75) is 26.9 Å². The average molecular weight is 202 g/mol. The second-order valence-corrected chi connectivity index (χ2v) is 3.91. The van der Waals surface area contributed by atoms with Crippen LogP contribution >= 0.6 is 11.6 Å². The quantitative estimate of drug-likeness (QED) is 0.731. The Bertz CT molecular complexity index is 286. The van der Waals surface area contributed by atoms with E-state index in [1.165, 1.54) is 0 Å². The Hall–Kier alpha value is -0.630. The third-order valence-corrected chi connectivity index (χ3v) is 2.06. The van der Waals surface area contributed by atoms with Gasteiger partial charge in [-0.05, 0) is 18.4 Å². The highest BCUT2D eigenvalue weighted by Gasteiger charge is 2.05. The molecule has 0 aliphatic rings. The summed E-state index contributed by atoms with van der Waals surface area (Å²) in [4.78, 5) is 4.12. The van der Waals surface area contributed by atoms with Gasteiger partial charge in [-0.2, -0.15) is 0 Å². The Kier molecular flexibility index (Phi) is 3.67. The van der Waals surface area contributed by atoms with E-state index in [4.69, 9.17) is 11.6 Å². The van der Waals surface area contributed by atoms with Gasteiger partial charge in [-0.15, -0.1) is 0 Å². The molecule has 0 atom stereocenters. The van der Waals surface area contributed by atoms with E-state index in [9.17, 15) is 4.39 Å². The third kappa shape index (κ3) is 2.96. The lowest BCUT2D eigenvalue weighted by Gasteiger charge is -2.06. The SMILES string of the molecule is CC(C)Cc1ncc(CF)cc1Cl. The fraction of sp³-hybridized carbons (Fsp3) is 0.500. The second kappa shape index (κ2) is 4.56. The molecule has 1 aromatic rings. The number of nitrogens with zero attached hydrogens (tertiary/aromatic N) is 1. The van der Waals surface area contributed by atoms with Gasteiger partial charge in [0.2, 0.25) is 0 Å². The summed E-state index contributed by atoms with van der Waals surface area (Å²) in [5.41, 5.74) is 1.39. The van der Waals surface area contributed by atoms with Gasteiger partial charge in [0.25, 0.3) is 0 Å². The first-order chi connectivity index (χ1) is 6.13. The minimum atomic E-state index is -0.505. The zero-order chi connectivity index (χ0) is 9.84. The highest BCUT2D eigenvalue weighted by molar-refractivity contribution is 6.31. The molecule has 0 unspecified atom stereocenters. The Morgan fingerprint density at radius 2 is 2.23 bits per heavy atom. The lowest BCUT2D eigenvalue weighted by atomic mass is 10.1. The van der Waals surface area contributed by atoms with Gasteiger partial charge in [0.1, 0.15) is 6.67 Å². The second-order valence-electron chi connectivity index (χ2n) is 3.50. The molecule has 0 fully saturated rings. The molecule has 1 nitrogen and oxygen atoms in total. The molecule has 0 N–H and O–H groups in total. The highest BCUT2D eigenvalue weighted by atomic mass is 35.5.